The Kier molecular flexibility index (Phi) is 6.91. The van der Waals surface area contributed by atoms with Crippen LogP contribution >= 0.6 is 23.2 Å². The number of amides is 2. The van der Waals surface area contributed by atoms with E-state index in [1.165, 1.54) is 4.90 Å². The van der Waals surface area contributed by atoms with Crippen LogP contribution < -0.4 is 10.7 Å². The highest BCUT2D eigenvalue weighted by Crippen LogP contribution is 2.34. The Morgan fingerprint density at radius 2 is 1.84 bits per heavy atom. The highest BCUT2D eigenvalue weighted by molar-refractivity contribution is 6.35. The van der Waals surface area contributed by atoms with Crippen molar-refractivity contribution < 1.29 is 14.3 Å². The Hall–Kier alpha value is -2.99. The fourth-order valence-corrected chi connectivity index (χ4v) is 3.69. The topological polar surface area (TPSA) is 83.0 Å². The third kappa shape index (κ3) is 5.02. The molecule has 3 rings (SSSR count). The van der Waals surface area contributed by atoms with Crippen LogP contribution in [0.25, 0.3) is 0 Å². The molecule has 1 aliphatic heterocycles. The van der Waals surface area contributed by atoms with Gasteiger partial charge >= 0.3 is 0 Å². The number of nitrogens with zero attached hydrogens (tertiary/aromatic N) is 2. The number of benzene rings is 2. The molecule has 1 unspecified atom stereocenters. The lowest BCUT2D eigenvalue weighted by Gasteiger charge is -2.42. The second-order valence-corrected chi connectivity index (χ2v) is 8.24. The van der Waals surface area contributed by atoms with Crippen molar-refractivity contribution in [1.82, 2.24) is 10.3 Å². The minimum atomic E-state index is -1.23. The highest BCUT2D eigenvalue weighted by atomic mass is 35.5. The van der Waals surface area contributed by atoms with Crippen molar-refractivity contribution in [3.63, 3.8) is 0 Å². The van der Waals surface area contributed by atoms with Gasteiger partial charge in [-0.1, -0.05) is 53.5 Å². The molecule has 1 heterocycles. The Morgan fingerprint density at radius 1 is 1.19 bits per heavy atom. The summed E-state index contributed by atoms with van der Waals surface area (Å²) in [6, 6.07) is 13.9. The Balaban J connectivity index is 1.91. The molecule has 2 aromatic rings. The molecule has 0 saturated carbocycles. The van der Waals surface area contributed by atoms with E-state index in [2.05, 4.69) is 21.7 Å². The fraction of sp³-hybridized carbons (Fsp3) is 0.273. The van der Waals surface area contributed by atoms with E-state index in [0.29, 0.717) is 21.3 Å². The van der Waals surface area contributed by atoms with Gasteiger partial charge in [-0.15, -0.1) is 5.10 Å². The molecular weight excluding hydrogens is 439 g/mol. The molecule has 1 saturated heterocycles. The molecule has 0 aliphatic carbocycles. The number of ether oxygens (including phenoxy) is 1. The lowest BCUT2D eigenvalue weighted by atomic mass is 9.91. The maximum absolute atomic E-state index is 13.5. The molecule has 1 fully saturated rings. The average Bonchev–Trinajstić information content (AvgIpc) is 2.71. The third-order valence-corrected chi connectivity index (χ3v) is 5.32. The van der Waals surface area contributed by atoms with Crippen molar-refractivity contribution in [3.8, 4) is 0 Å². The summed E-state index contributed by atoms with van der Waals surface area (Å²) in [5.74, 6) is 1.53. The van der Waals surface area contributed by atoms with Gasteiger partial charge in [-0.2, -0.15) is 0 Å². The minimum Gasteiger partial charge on any atom is -0.466 e. The van der Waals surface area contributed by atoms with E-state index in [9.17, 15) is 9.59 Å². The molecule has 0 bridgehead atoms. The lowest BCUT2D eigenvalue weighted by molar-refractivity contribution is -0.156. The summed E-state index contributed by atoms with van der Waals surface area (Å²) in [6.07, 6.45) is 0. The number of halogens is 2. The molecule has 1 atom stereocenters. The number of hydrazone groups is 1. The third-order valence-electron chi connectivity index (χ3n) is 4.89. The van der Waals surface area contributed by atoms with E-state index in [-0.39, 0.29) is 18.4 Å². The molecule has 2 aromatic carbocycles. The quantitative estimate of drug-likeness (QED) is 0.521. The normalized spacial score (nSPS) is 16.3. The zero-order valence-corrected chi connectivity index (χ0v) is 18.8. The standard InChI is InChI=1S/C22H22Cl2N4O3/c1-22(2,21(30)27-17-10-15(23)9-16(24)11-17)28-13-31-18(12-26-25-3)19(20(28)29)14-7-5-4-6-8-14/h4-11,19,25H,13H2,1-3H3,(H,27,30). The lowest BCUT2D eigenvalue weighted by Crippen LogP contribution is -2.59. The van der Waals surface area contributed by atoms with Crippen molar-refractivity contribution in [2.75, 3.05) is 19.1 Å². The van der Waals surface area contributed by atoms with Gasteiger partial charge in [0.25, 0.3) is 0 Å². The van der Waals surface area contributed by atoms with E-state index in [1.807, 2.05) is 30.3 Å². The molecule has 1 aliphatic rings. The zero-order valence-electron chi connectivity index (χ0n) is 17.3. The second kappa shape index (κ2) is 9.43. The number of carbonyl (C=O) groups is 2. The Labute approximate surface area is 190 Å². The maximum atomic E-state index is 13.5. The molecule has 2 N–H and O–H groups in total. The van der Waals surface area contributed by atoms with Gasteiger partial charge in [0.1, 0.15) is 11.5 Å². The fourth-order valence-electron chi connectivity index (χ4n) is 3.17. The van der Waals surface area contributed by atoms with Gasteiger partial charge in [-0.25, -0.2) is 0 Å². The second-order valence-electron chi connectivity index (χ2n) is 7.37. The monoisotopic (exact) mass is 460 g/mol. The van der Waals surface area contributed by atoms with E-state index in [1.54, 1.807) is 39.1 Å². The largest absolute Gasteiger partial charge is 0.466 e. The van der Waals surface area contributed by atoms with Crippen molar-refractivity contribution >= 4 is 46.6 Å². The van der Waals surface area contributed by atoms with Crippen molar-refractivity contribution in [3.05, 3.63) is 69.9 Å². The molecule has 0 radical (unpaired) electrons. The SMILES string of the molecule is CNN=C=C1OCN(C(C)(C)C(=O)Nc2cc(Cl)cc(Cl)c2)C(=O)C1c1ccccc1. The van der Waals surface area contributed by atoms with E-state index >= 15 is 0 Å². The van der Waals surface area contributed by atoms with Crippen molar-refractivity contribution in [2.24, 2.45) is 5.10 Å². The van der Waals surface area contributed by atoms with E-state index < -0.39 is 17.4 Å². The molecule has 0 aromatic heterocycles. The van der Waals surface area contributed by atoms with Crippen LogP contribution in [0.5, 0.6) is 0 Å². The van der Waals surface area contributed by atoms with Crippen LogP contribution in [-0.4, -0.2) is 41.9 Å². The van der Waals surface area contributed by atoms with Gasteiger partial charge in [-0.3, -0.25) is 14.5 Å². The number of carbonyl (C=O) groups excluding carboxylic acids is 2. The minimum absolute atomic E-state index is 0.125. The Morgan fingerprint density at radius 3 is 2.45 bits per heavy atom. The van der Waals surface area contributed by atoms with Crippen molar-refractivity contribution in [1.29, 1.82) is 0 Å². The van der Waals surface area contributed by atoms with Gasteiger partial charge in [0, 0.05) is 22.8 Å². The van der Waals surface area contributed by atoms with Crippen LogP contribution in [0.15, 0.2) is 59.4 Å². The van der Waals surface area contributed by atoms with Gasteiger partial charge in [0.2, 0.25) is 11.8 Å². The summed E-state index contributed by atoms with van der Waals surface area (Å²) >= 11 is 12.0. The maximum Gasteiger partial charge on any atom is 0.249 e. The smallest absolute Gasteiger partial charge is 0.249 e. The summed E-state index contributed by atoms with van der Waals surface area (Å²) in [7, 11) is 1.62. The highest BCUT2D eigenvalue weighted by Gasteiger charge is 2.45. The van der Waals surface area contributed by atoms with Crippen molar-refractivity contribution in [2.45, 2.75) is 25.3 Å². The number of hydrogen-bond acceptors (Lipinski definition) is 5. The average molecular weight is 461 g/mol. The first kappa shape index (κ1) is 22.7. The molecule has 31 heavy (non-hydrogen) atoms. The molecule has 2 amide bonds. The zero-order chi connectivity index (χ0) is 22.6. The number of nitrogens with one attached hydrogen (secondary N) is 2. The summed E-state index contributed by atoms with van der Waals surface area (Å²) in [4.78, 5) is 28.0. The number of anilines is 1. The van der Waals surface area contributed by atoms with Gasteiger partial charge in [0.15, 0.2) is 12.5 Å². The molecule has 9 heteroatoms. The first-order valence-corrected chi connectivity index (χ1v) is 10.3. The van der Waals surface area contributed by atoms with Gasteiger partial charge in [0.05, 0.1) is 5.87 Å². The predicted octanol–water partition coefficient (Wildman–Crippen LogP) is 4.00. The van der Waals surface area contributed by atoms with Crippen LogP contribution in [0.4, 0.5) is 5.69 Å². The molecule has 162 valence electrons. The van der Waals surface area contributed by atoms with Gasteiger partial charge < -0.3 is 15.5 Å². The van der Waals surface area contributed by atoms with Crippen LogP contribution in [0.2, 0.25) is 10.0 Å². The predicted molar refractivity (Wildman–Crippen MR) is 121 cm³/mol. The number of hydrogen-bond donors (Lipinski definition) is 2. The van der Waals surface area contributed by atoms with E-state index in [0.717, 1.165) is 0 Å². The summed E-state index contributed by atoms with van der Waals surface area (Å²) in [6.45, 7) is 3.17. The molecular formula is C22H22Cl2N4O3. The Bertz CT molecular complexity index is 1030. The first-order chi connectivity index (χ1) is 14.7. The van der Waals surface area contributed by atoms with Gasteiger partial charge in [-0.05, 0) is 37.6 Å². The molecule has 7 nitrogen and oxygen atoms in total. The van der Waals surface area contributed by atoms with Crippen LogP contribution in [0.1, 0.15) is 25.3 Å². The summed E-state index contributed by atoms with van der Waals surface area (Å²) in [5, 5.41) is 7.42. The van der Waals surface area contributed by atoms with Crippen LogP contribution in [-0.2, 0) is 14.3 Å². The van der Waals surface area contributed by atoms with E-state index in [4.69, 9.17) is 27.9 Å². The number of rotatable bonds is 5. The van der Waals surface area contributed by atoms with Crippen LogP contribution in [0, 0.1) is 0 Å². The van der Waals surface area contributed by atoms with Crippen LogP contribution in [0.3, 0.4) is 0 Å². The first-order valence-electron chi connectivity index (χ1n) is 9.50. The summed E-state index contributed by atoms with van der Waals surface area (Å²) in [5.41, 5.74) is 2.51. The summed E-state index contributed by atoms with van der Waals surface area (Å²) < 4.78 is 5.81. The molecule has 0 spiro atoms.